The Balaban J connectivity index is 1.58. The third kappa shape index (κ3) is 3.26. The summed E-state index contributed by atoms with van der Waals surface area (Å²) in [5.41, 5.74) is -0.167. The van der Waals surface area contributed by atoms with Gasteiger partial charge in [-0.2, -0.15) is 0 Å². The Labute approximate surface area is 180 Å². The molecule has 0 heterocycles. The van der Waals surface area contributed by atoms with Crippen LogP contribution in [0.2, 0.25) is 0 Å². The van der Waals surface area contributed by atoms with Gasteiger partial charge in [0.15, 0.2) is 0 Å². The maximum atomic E-state index is 12.1. The number of carbonyl (C=O) groups is 2. The Morgan fingerprint density at radius 3 is 2.63 bits per heavy atom. The highest BCUT2D eigenvalue weighted by Crippen LogP contribution is 2.68. The summed E-state index contributed by atoms with van der Waals surface area (Å²) in [5.74, 6) is 1.92. The van der Waals surface area contributed by atoms with Gasteiger partial charge in [-0.05, 0) is 84.9 Å². The van der Waals surface area contributed by atoms with Crippen molar-refractivity contribution in [3.05, 3.63) is 0 Å². The molecule has 0 radical (unpaired) electrons. The number of rotatable bonds is 4. The van der Waals surface area contributed by atoms with Crippen molar-refractivity contribution in [2.75, 3.05) is 7.11 Å². The quantitative estimate of drug-likeness (QED) is 0.677. The van der Waals surface area contributed by atoms with Gasteiger partial charge in [0.2, 0.25) is 0 Å². The maximum Gasteiger partial charge on any atom is 0.305 e. The number of ether oxygens (including phenoxy) is 1. The SMILES string of the molecule is COC(=O)CC[C@@H](C)[C@@H]1CC[C@@H]2[C@H]3[C@H](O)C[C@H]4CC(=O)CC[C@]4(C)[C@@H]3C[C@@H](O)[C@]21C. The van der Waals surface area contributed by atoms with Crippen molar-refractivity contribution in [1.29, 1.82) is 0 Å². The van der Waals surface area contributed by atoms with E-state index in [-0.39, 0.29) is 40.7 Å². The van der Waals surface area contributed by atoms with Crippen LogP contribution in [0.5, 0.6) is 0 Å². The van der Waals surface area contributed by atoms with Crippen LogP contribution < -0.4 is 0 Å². The predicted octanol–water partition coefficient (Wildman–Crippen LogP) is 3.75. The van der Waals surface area contributed by atoms with Crippen LogP contribution in [-0.2, 0) is 14.3 Å². The number of aliphatic hydroxyl groups is 2. The van der Waals surface area contributed by atoms with Crippen molar-refractivity contribution in [2.45, 2.75) is 90.8 Å². The Kier molecular flexibility index (Phi) is 5.85. The van der Waals surface area contributed by atoms with Gasteiger partial charge in [-0.1, -0.05) is 20.8 Å². The second kappa shape index (κ2) is 7.88. The molecule has 5 heteroatoms. The summed E-state index contributed by atoms with van der Waals surface area (Å²) in [7, 11) is 1.43. The number of hydrogen-bond donors (Lipinski definition) is 2. The molecule has 0 amide bonds. The van der Waals surface area contributed by atoms with Gasteiger partial charge in [-0.15, -0.1) is 0 Å². The van der Waals surface area contributed by atoms with Gasteiger partial charge in [0.05, 0.1) is 19.3 Å². The fourth-order valence-corrected chi connectivity index (χ4v) is 8.59. The van der Waals surface area contributed by atoms with Gasteiger partial charge in [0.25, 0.3) is 0 Å². The monoisotopic (exact) mass is 420 g/mol. The lowest BCUT2D eigenvalue weighted by Crippen LogP contribution is -2.62. The first-order valence-corrected chi connectivity index (χ1v) is 12.1. The molecule has 0 aromatic rings. The van der Waals surface area contributed by atoms with Crippen LogP contribution >= 0.6 is 0 Å². The topological polar surface area (TPSA) is 83.8 Å². The van der Waals surface area contributed by atoms with Gasteiger partial charge in [-0.25, -0.2) is 0 Å². The molecule has 4 rings (SSSR count). The molecular weight excluding hydrogens is 380 g/mol. The average molecular weight is 421 g/mol. The molecule has 0 aromatic heterocycles. The summed E-state index contributed by atoms with van der Waals surface area (Å²) in [6, 6.07) is 0. The molecule has 4 fully saturated rings. The fraction of sp³-hybridized carbons (Fsp3) is 0.920. The van der Waals surface area contributed by atoms with E-state index in [2.05, 4.69) is 20.8 Å². The Hall–Kier alpha value is -0.940. The van der Waals surface area contributed by atoms with E-state index >= 15 is 0 Å². The predicted molar refractivity (Wildman–Crippen MR) is 113 cm³/mol. The molecule has 0 spiro atoms. The van der Waals surface area contributed by atoms with Crippen molar-refractivity contribution in [3.8, 4) is 0 Å². The first kappa shape index (κ1) is 22.3. The molecule has 0 bridgehead atoms. The molecule has 0 aromatic carbocycles. The number of carbonyl (C=O) groups excluding carboxylic acids is 2. The molecule has 0 unspecified atom stereocenters. The van der Waals surface area contributed by atoms with Crippen molar-refractivity contribution in [2.24, 2.45) is 46.3 Å². The molecule has 0 saturated heterocycles. The molecule has 4 aliphatic carbocycles. The number of fused-ring (bicyclic) bond motifs is 5. The van der Waals surface area contributed by atoms with Gasteiger partial charge < -0.3 is 14.9 Å². The van der Waals surface area contributed by atoms with E-state index < -0.39 is 6.10 Å². The second-order valence-corrected chi connectivity index (χ2v) is 11.4. The standard InChI is InChI=1S/C25H40O5/c1-14(5-8-22(29)30-4)17-6-7-18-23-19(13-21(28)25(17,18)3)24(2)10-9-16(26)11-15(24)12-20(23)27/h14-15,17-21,23,27-28H,5-13H2,1-4H3/t14-,15-,17+,18-,19-,20-,21-,23-,24+,25+/m1/s1. The summed E-state index contributed by atoms with van der Waals surface area (Å²) in [5, 5.41) is 22.8. The van der Waals surface area contributed by atoms with E-state index in [0.717, 1.165) is 38.5 Å². The summed E-state index contributed by atoms with van der Waals surface area (Å²) >= 11 is 0. The van der Waals surface area contributed by atoms with Crippen LogP contribution in [0, 0.1) is 46.3 Å². The van der Waals surface area contributed by atoms with Crippen LogP contribution in [0.25, 0.3) is 0 Å². The molecule has 4 aliphatic rings. The molecular formula is C25H40O5. The summed E-state index contributed by atoms with van der Waals surface area (Å²) in [6.07, 6.45) is 6.15. The number of esters is 1. The molecule has 170 valence electrons. The van der Waals surface area contributed by atoms with Crippen molar-refractivity contribution < 1.29 is 24.5 Å². The van der Waals surface area contributed by atoms with Crippen molar-refractivity contribution >= 4 is 11.8 Å². The van der Waals surface area contributed by atoms with E-state index in [9.17, 15) is 19.8 Å². The lowest BCUT2D eigenvalue weighted by Gasteiger charge is -2.63. The van der Waals surface area contributed by atoms with E-state index in [0.29, 0.717) is 42.8 Å². The molecule has 5 nitrogen and oxygen atoms in total. The minimum Gasteiger partial charge on any atom is -0.469 e. The van der Waals surface area contributed by atoms with E-state index in [1.165, 1.54) is 7.11 Å². The van der Waals surface area contributed by atoms with Gasteiger partial charge >= 0.3 is 5.97 Å². The smallest absolute Gasteiger partial charge is 0.305 e. The van der Waals surface area contributed by atoms with Crippen LogP contribution in [0.4, 0.5) is 0 Å². The highest BCUT2D eigenvalue weighted by atomic mass is 16.5. The second-order valence-electron chi connectivity index (χ2n) is 11.4. The number of aliphatic hydroxyl groups excluding tert-OH is 2. The van der Waals surface area contributed by atoms with Crippen LogP contribution in [0.1, 0.15) is 78.6 Å². The first-order chi connectivity index (χ1) is 14.1. The zero-order valence-corrected chi connectivity index (χ0v) is 19.1. The third-order valence-corrected chi connectivity index (χ3v) is 10.4. The Morgan fingerprint density at radius 1 is 1.20 bits per heavy atom. The maximum absolute atomic E-state index is 12.1. The van der Waals surface area contributed by atoms with E-state index in [1.807, 2.05) is 0 Å². The van der Waals surface area contributed by atoms with Gasteiger partial charge in [0.1, 0.15) is 5.78 Å². The lowest BCUT2D eigenvalue weighted by atomic mass is 9.43. The minimum absolute atomic E-state index is 0.0503. The number of Topliss-reactive ketones (excluding diaryl/α,β-unsaturated/α-hetero) is 1. The van der Waals surface area contributed by atoms with Crippen molar-refractivity contribution in [3.63, 3.8) is 0 Å². The normalized spacial score (nSPS) is 49.0. The van der Waals surface area contributed by atoms with Crippen LogP contribution in [0.3, 0.4) is 0 Å². The average Bonchev–Trinajstić information content (AvgIpc) is 3.06. The van der Waals surface area contributed by atoms with Crippen LogP contribution in [0.15, 0.2) is 0 Å². The third-order valence-electron chi connectivity index (χ3n) is 10.4. The zero-order chi connectivity index (χ0) is 21.8. The summed E-state index contributed by atoms with van der Waals surface area (Å²) in [4.78, 5) is 23.8. The zero-order valence-electron chi connectivity index (χ0n) is 19.1. The highest BCUT2D eigenvalue weighted by Gasteiger charge is 2.65. The fourth-order valence-electron chi connectivity index (χ4n) is 8.59. The molecule has 0 aliphatic heterocycles. The molecule has 10 atom stereocenters. The molecule has 30 heavy (non-hydrogen) atoms. The number of hydrogen-bond acceptors (Lipinski definition) is 5. The molecule has 4 saturated carbocycles. The van der Waals surface area contributed by atoms with Crippen LogP contribution in [-0.4, -0.2) is 41.3 Å². The molecule has 2 N–H and O–H groups in total. The summed E-state index contributed by atoms with van der Waals surface area (Å²) in [6.45, 7) is 6.78. The number of ketones is 1. The van der Waals surface area contributed by atoms with E-state index in [4.69, 9.17) is 4.74 Å². The van der Waals surface area contributed by atoms with E-state index in [1.54, 1.807) is 0 Å². The van der Waals surface area contributed by atoms with Crippen molar-refractivity contribution in [1.82, 2.24) is 0 Å². The Bertz CT molecular complexity index is 691. The first-order valence-electron chi connectivity index (χ1n) is 12.1. The lowest BCUT2D eigenvalue weighted by molar-refractivity contribution is -0.201. The highest BCUT2D eigenvalue weighted by molar-refractivity contribution is 5.79. The Morgan fingerprint density at radius 2 is 1.93 bits per heavy atom. The number of methoxy groups -OCH3 is 1. The minimum atomic E-state index is -0.391. The van der Waals surface area contributed by atoms with Gasteiger partial charge in [0, 0.05) is 19.3 Å². The largest absolute Gasteiger partial charge is 0.469 e. The summed E-state index contributed by atoms with van der Waals surface area (Å²) < 4.78 is 4.82. The van der Waals surface area contributed by atoms with Gasteiger partial charge in [-0.3, -0.25) is 9.59 Å².